The highest BCUT2D eigenvalue weighted by atomic mass is 79.9. The fourth-order valence-electron chi connectivity index (χ4n) is 2.12. The van der Waals surface area contributed by atoms with E-state index >= 15 is 0 Å². The van der Waals surface area contributed by atoms with E-state index in [4.69, 9.17) is 0 Å². The Labute approximate surface area is 107 Å². The first kappa shape index (κ1) is 12.3. The molecule has 1 aliphatic carbocycles. The summed E-state index contributed by atoms with van der Waals surface area (Å²) in [5.41, 5.74) is -0.219. The number of hydrogen-bond donors (Lipinski definition) is 2. The second-order valence-electron chi connectivity index (χ2n) is 4.38. The fourth-order valence-corrected chi connectivity index (χ4v) is 2.82. The fraction of sp³-hybridized carbons (Fsp3) is 0.545. The van der Waals surface area contributed by atoms with Gasteiger partial charge in [0.05, 0.1) is 5.54 Å². The Hall–Kier alpha value is -1.17. The smallest absolute Gasteiger partial charge is 0.272 e. The van der Waals surface area contributed by atoms with Gasteiger partial charge < -0.3 is 5.32 Å². The molecule has 2 N–H and O–H groups in total. The number of nitrogens with zero attached hydrogens (tertiary/aromatic N) is 1. The molecule has 0 atom stereocenters. The van der Waals surface area contributed by atoms with E-state index in [1.807, 2.05) is 0 Å². The molecule has 0 aliphatic heterocycles. The van der Waals surface area contributed by atoms with Crippen molar-refractivity contribution in [3.63, 3.8) is 0 Å². The third-order valence-electron chi connectivity index (χ3n) is 3.11. The van der Waals surface area contributed by atoms with Gasteiger partial charge in [-0.1, -0.05) is 28.8 Å². The number of carbonyl (C=O) groups is 1. The zero-order valence-corrected chi connectivity index (χ0v) is 10.9. The molecule has 92 valence electrons. The summed E-state index contributed by atoms with van der Waals surface area (Å²) in [6.07, 6.45) is 4.22. The van der Waals surface area contributed by atoms with Gasteiger partial charge in [-0.3, -0.25) is 9.59 Å². The van der Waals surface area contributed by atoms with Crippen molar-refractivity contribution in [1.82, 2.24) is 15.5 Å². The Morgan fingerprint density at radius 1 is 1.47 bits per heavy atom. The van der Waals surface area contributed by atoms with E-state index in [-0.39, 0.29) is 22.7 Å². The van der Waals surface area contributed by atoms with Crippen LogP contribution < -0.4 is 10.9 Å². The predicted octanol–water partition coefficient (Wildman–Crippen LogP) is 1.21. The van der Waals surface area contributed by atoms with Crippen molar-refractivity contribution < 1.29 is 4.79 Å². The molecule has 1 aromatic heterocycles. The number of aromatic amines is 1. The summed E-state index contributed by atoms with van der Waals surface area (Å²) in [6.45, 7) is 0. The van der Waals surface area contributed by atoms with Crippen molar-refractivity contribution >= 4 is 21.8 Å². The van der Waals surface area contributed by atoms with Crippen LogP contribution in [0.15, 0.2) is 16.9 Å². The third kappa shape index (κ3) is 2.74. The number of amides is 1. The minimum Gasteiger partial charge on any atom is -0.344 e. The molecule has 0 radical (unpaired) electrons. The summed E-state index contributed by atoms with van der Waals surface area (Å²) in [6, 6.07) is 2.74. The van der Waals surface area contributed by atoms with Gasteiger partial charge >= 0.3 is 0 Å². The number of hydrogen-bond acceptors (Lipinski definition) is 3. The van der Waals surface area contributed by atoms with Crippen LogP contribution >= 0.6 is 15.9 Å². The van der Waals surface area contributed by atoms with E-state index in [2.05, 4.69) is 31.4 Å². The average molecular weight is 300 g/mol. The Kier molecular flexibility index (Phi) is 3.61. The van der Waals surface area contributed by atoms with Crippen LogP contribution in [0.3, 0.4) is 0 Å². The standard InChI is InChI=1S/C11H14BrN3O2/c12-7-11(5-1-2-6-11)13-10(17)8-3-4-9(16)15-14-8/h3-4H,1-2,5-7H2,(H,13,17)(H,15,16). The summed E-state index contributed by atoms with van der Waals surface area (Å²) >= 11 is 3.45. The van der Waals surface area contributed by atoms with Gasteiger partial charge in [-0.2, -0.15) is 5.10 Å². The Morgan fingerprint density at radius 2 is 2.18 bits per heavy atom. The van der Waals surface area contributed by atoms with Gasteiger partial charge in [-0.05, 0) is 18.9 Å². The first-order valence-corrected chi connectivity index (χ1v) is 6.72. The topological polar surface area (TPSA) is 74.8 Å². The van der Waals surface area contributed by atoms with Crippen LogP contribution in [-0.4, -0.2) is 27.0 Å². The van der Waals surface area contributed by atoms with E-state index < -0.39 is 0 Å². The molecule has 1 amide bonds. The van der Waals surface area contributed by atoms with Crippen molar-refractivity contribution in [2.24, 2.45) is 0 Å². The summed E-state index contributed by atoms with van der Waals surface area (Å²) in [5, 5.41) is 9.73. The molecule has 1 aliphatic rings. The lowest BCUT2D eigenvalue weighted by Gasteiger charge is -2.27. The lowest BCUT2D eigenvalue weighted by atomic mass is 10.0. The maximum atomic E-state index is 12.0. The number of nitrogens with one attached hydrogen (secondary N) is 2. The van der Waals surface area contributed by atoms with E-state index in [1.54, 1.807) is 0 Å². The molecule has 0 saturated heterocycles. The Morgan fingerprint density at radius 3 is 2.71 bits per heavy atom. The van der Waals surface area contributed by atoms with E-state index in [1.165, 1.54) is 12.1 Å². The van der Waals surface area contributed by atoms with Crippen LogP contribution in [0.4, 0.5) is 0 Å². The van der Waals surface area contributed by atoms with E-state index in [0.29, 0.717) is 0 Å². The number of carbonyl (C=O) groups excluding carboxylic acids is 1. The lowest BCUT2D eigenvalue weighted by molar-refractivity contribution is 0.0904. The normalized spacial score (nSPS) is 17.9. The van der Waals surface area contributed by atoms with Crippen LogP contribution in [0, 0.1) is 0 Å². The molecule has 0 spiro atoms. The maximum Gasteiger partial charge on any atom is 0.272 e. The van der Waals surface area contributed by atoms with Gasteiger partial charge in [0, 0.05) is 11.4 Å². The minimum atomic E-state index is -0.308. The first-order valence-electron chi connectivity index (χ1n) is 5.59. The predicted molar refractivity (Wildman–Crippen MR) is 67.3 cm³/mol. The molecule has 0 unspecified atom stereocenters. The van der Waals surface area contributed by atoms with Crippen LogP contribution in [-0.2, 0) is 0 Å². The zero-order chi connectivity index (χ0) is 12.3. The number of halogens is 1. The van der Waals surface area contributed by atoms with Gasteiger partial charge in [-0.25, -0.2) is 5.10 Å². The molecule has 1 fully saturated rings. The maximum absolute atomic E-state index is 12.0. The number of alkyl halides is 1. The molecule has 1 aromatic rings. The molecular formula is C11H14BrN3O2. The molecule has 0 aromatic carbocycles. The third-order valence-corrected chi connectivity index (χ3v) is 4.18. The minimum absolute atomic E-state index is 0.158. The largest absolute Gasteiger partial charge is 0.344 e. The second-order valence-corrected chi connectivity index (χ2v) is 4.94. The number of H-pyrrole nitrogens is 1. The molecule has 6 heteroatoms. The van der Waals surface area contributed by atoms with E-state index in [9.17, 15) is 9.59 Å². The quantitative estimate of drug-likeness (QED) is 0.824. The highest BCUT2D eigenvalue weighted by Gasteiger charge is 2.34. The van der Waals surface area contributed by atoms with Crippen molar-refractivity contribution in [1.29, 1.82) is 0 Å². The average Bonchev–Trinajstić information content (AvgIpc) is 2.79. The summed E-state index contributed by atoms with van der Waals surface area (Å²) in [5.74, 6) is -0.234. The molecule has 17 heavy (non-hydrogen) atoms. The monoisotopic (exact) mass is 299 g/mol. The molecule has 0 bridgehead atoms. The summed E-state index contributed by atoms with van der Waals surface area (Å²) in [4.78, 5) is 22.8. The van der Waals surface area contributed by atoms with Gasteiger partial charge in [0.2, 0.25) is 0 Å². The van der Waals surface area contributed by atoms with Gasteiger partial charge in [0.15, 0.2) is 0 Å². The lowest BCUT2D eigenvalue weighted by Crippen LogP contribution is -2.48. The summed E-state index contributed by atoms with van der Waals surface area (Å²) < 4.78 is 0. The van der Waals surface area contributed by atoms with Crippen LogP contribution in [0.5, 0.6) is 0 Å². The van der Waals surface area contributed by atoms with Crippen LogP contribution in [0.2, 0.25) is 0 Å². The Balaban J connectivity index is 2.10. The highest BCUT2D eigenvalue weighted by Crippen LogP contribution is 2.31. The van der Waals surface area contributed by atoms with Gasteiger partial charge in [0.25, 0.3) is 11.5 Å². The van der Waals surface area contributed by atoms with Crippen molar-refractivity contribution in [3.05, 3.63) is 28.2 Å². The first-order chi connectivity index (χ1) is 8.15. The molecule has 1 saturated carbocycles. The van der Waals surface area contributed by atoms with Crippen LogP contribution in [0.25, 0.3) is 0 Å². The van der Waals surface area contributed by atoms with Gasteiger partial charge in [-0.15, -0.1) is 0 Å². The molecule has 5 nitrogen and oxygen atoms in total. The van der Waals surface area contributed by atoms with Crippen LogP contribution in [0.1, 0.15) is 36.2 Å². The van der Waals surface area contributed by atoms with Gasteiger partial charge in [0.1, 0.15) is 5.69 Å². The highest BCUT2D eigenvalue weighted by molar-refractivity contribution is 9.09. The molecular weight excluding hydrogens is 286 g/mol. The number of rotatable bonds is 3. The van der Waals surface area contributed by atoms with E-state index in [0.717, 1.165) is 31.0 Å². The summed E-state index contributed by atoms with van der Waals surface area (Å²) in [7, 11) is 0. The van der Waals surface area contributed by atoms with Crippen molar-refractivity contribution in [2.45, 2.75) is 31.2 Å². The molecule has 2 rings (SSSR count). The SMILES string of the molecule is O=C(NC1(CBr)CCCC1)c1ccc(=O)[nH]n1. The van der Waals surface area contributed by atoms with Crippen molar-refractivity contribution in [3.8, 4) is 0 Å². The number of aromatic nitrogens is 2. The Bertz CT molecular complexity index is 446. The zero-order valence-electron chi connectivity index (χ0n) is 9.33. The van der Waals surface area contributed by atoms with Crippen molar-refractivity contribution in [2.75, 3.05) is 5.33 Å². The molecule has 1 heterocycles. The second kappa shape index (κ2) is 5.00.